The minimum absolute atomic E-state index is 0.543. The van der Waals surface area contributed by atoms with Gasteiger partial charge >= 0.3 is 0 Å². The number of nitrogens with two attached hydrogens (primary N) is 1. The molecule has 1 rings (SSSR count). The molecular weight excluding hydrogens is 196 g/mol. The van der Waals surface area contributed by atoms with Crippen LogP contribution in [0.4, 0.5) is 0 Å². The third-order valence-corrected chi connectivity index (χ3v) is 4.08. The van der Waals surface area contributed by atoms with E-state index < -0.39 is 0 Å². The van der Waals surface area contributed by atoms with Crippen molar-refractivity contribution in [2.75, 3.05) is 0 Å². The van der Waals surface area contributed by atoms with Gasteiger partial charge in [-0.25, -0.2) is 0 Å². The molecule has 2 nitrogen and oxygen atoms in total. The third-order valence-electron chi connectivity index (χ3n) is 4.08. The Morgan fingerprint density at radius 2 is 2.19 bits per heavy atom. The minimum atomic E-state index is 0.543. The summed E-state index contributed by atoms with van der Waals surface area (Å²) in [4.78, 5) is 0. The number of nitrogens with one attached hydrogen (secondary N) is 1. The minimum Gasteiger partial charge on any atom is -0.271 e. The molecule has 0 aromatic carbocycles. The number of hydrogen-bond acceptors (Lipinski definition) is 2. The number of hydrazine groups is 1. The van der Waals surface area contributed by atoms with E-state index in [1.807, 2.05) is 6.08 Å². The van der Waals surface area contributed by atoms with E-state index in [0.717, 1.165) is 18.3 Å². The molecule has 1 fully saturated rings. The molecular formula is C14H28N2. The van der Waals surface area contributed by atoms with Gasteiger partial charge in [0.1, 0.15) is 0 Å². The van der Waals surface area contributed by atoms with Gasteiger partial charge in [-0.3, -0.25) is 11.3 Å². The maximum absolute atomic E-state index is 5.69. The van der Waals surface area contributed by atoms with E-state index >= 15 is 0 Å². The van der Waals surface area contributed by atoms with E-state index in [9.17, 15) is 0 Å². The van der Waals surface area contributed by atoms with Crippen LogP contribution in [0.1, 0.15) is 58.3 Å². The molecule has 0 radical (unpaired) electrons. The fourth-order valence-corrected chi connectivity index (χ4v) is 3.02. The fraction of sp³-hybridized carbons (Fsp3) is 0.857. The molecule has 94 valence electrons. The van der Waals surface area contributed by atoms with Crippen LogP contribution in [0.5, 0.6) is 0 Å². The number of rotatable bonds is 8. The Bertz CT molecular complexity index is 191. The smallest absolute Gasteiger partial charge is 0.0241 e. The Hall–Kier alpha value is -0.340. The average Bonchev–Trinajstić information content (AvgIpc) is 2.70. The molecule has 0 aromatic heterocycles. The zero-order valence-corrected chi connectivity index (χ0v) is 10.8. The largest absolute Gasteiger partial charge is 0.271 e. The topological polar surface area (TPSA) is 38.0 Å². The Morgan fingerprint density at radius 3 is 2.75 bits per heavy atom. The second-order valence-corrected chi connectivity index (χ2v) is 5.27. The molecule has 0 bridgehead atoms. The summed E-state index contributed by atoms with van der Waals surface area (Å²) in [7, 11) is 0. The van der Waals surface area contributed by atoms with Crippen molar-refractivity contribution in [3.05, 3.63) is 12.7 Å². The molecule has 0 aliphatic heterocycles. The molecule has 3 atom stereocenters. The lowest BCUT2D eigenvalue weighted by molar-refractivity contribution is 0.280. The Kier molecular flexibility index (Phi) is 6.74. The lowest BCUT2D eigenvalue weighted by Gasteiger charge is -2.26. The van der Waals surface area contributed by atoms with Crippen molar-refractivity contribution in [1.82, 2.24) is 5.43 Å². The normalized spacial score (nSPS) is 26.9. The van der Waals surface area contributed by atoms with Crippen molar-refractivity contribution >= 4 is 0 Å². The average molecular weight is 224 g/mol. The van der Waals surface area contributed by atoms with Crippen LogP contribution < -0.4 is 11.3 Å². The highest BCUT2D eigenvalue weighted by molar-refractivity contribution is 4.83. The molecule has 3 N–H and O–H groups in total. The second kappa shape index (κ2) is 7.86. The molecule has 0 heterocycles. The quantitative estimate of drug-likeness (QED) is 0.287. The maximum Gasteiger partial charge on any atom is 0.0241 e. The first-order valence-electron chi connectivity index (χ1n) is 6.86. The highest BCUT2D eigenvalue weighted by Gasteiger charge is 2.29. The van der Waals surface area contributed by atoms with E-state index in [0.29, 0.717) is 6.04 Å². The zero-order valence-electron chi connectivity index (χ0n) is 10.8. The molecule has 1 saturated carbocycles. The van der Waals surface area contributed by atoms with Gasteiger partial charge in [0.15, 0.2) is 0 Å². The summed E-state index contributed by atoms with van der Waals surface area (Å²) in [5.41, 5.74) is 3.05. The van der Waals surface area contributed by atoms with Gasteiger partial charge in [0.25, 0.3) is 0 Å². The summed E-state index contributed by atoms with van der Waals surface area (Å²) in [5.74, 6) is 7.35. The monoisotopic (exact) mass is 224 g/mol. The summed E-state index contributed by atoms with van der Waals surface area (Å²) < 4.78 is 0. The standard InChI is InChI=1S/C14H28N2/c1-3-4-5-6-7-11-14(16-15)13-10-8-9-12(13)2/h3,12-14,16H,1,4-11,15H2,2H3. The van der Waals surface area contributed by atoms with Crippen molar-refractivity contribution in [3.8, 4) is 0 Å². The third kappa shape index (κ3) is 4.26. The highest BCUT2D eigenvalue weighted by Crippen LogP contribution is 2.34. The van der Waals surface area contributed by atoms with Crippen molar-refractivity contribution < 1.29 is 0 Å². The summed E-state index contributed by atoms with van der Waals surface area (Å²) in [6.45, 7) is 6.12. The second-order valence-electron chi connectivity index (χ2n) is 5.27. The van der Waals surface area contributed by atoms with Crippen molar-refractivity contribution in [2.24, 2.45) is 17.7 Å². The summed E-state index contributed by atoms with van der Waals surface area (Å²) in [6, 6.07) is 0.543. The van der Waals surface area contributed by atoms with Crippen LogP contribution in [0.25, 0.3) is 0 Å². The van der Waals surface area contributed by atoms with Crippen LogP contribution in [0, 0.1) is 11.8 Å². The molecule has 3 unspecified atom stereocenters. The zero-order chi connectivity index (χ0) is 11.8. The Labute approximate surface area is 101 Å². The lowest BCUT2D eigenvalue weighted by atomic mass is 9.87. The Balaban J connectivity index is 2.18. The molecule has 0 saturated heterocycles. The molecule has 1 aliphatic carbocycles. The van der Waals surface area contributed by atoms with Crippen LogP contribution in [-0.2, 0) is 0 Å². The van der Waals surface area contributed by atoms with Crippen LogP contribution in [-0.4, -0.2) is 6.04 Å². The van der Waals surface area contributed by atoms with Gasteiger partial charge in [0, 0.05) is 6.04 Å². The summed E-state index contributed by atoms with van der Waals surface area (Å²) >= 11 is 0. The summed E-state index contributed by atoms with van der Waals surface area (Å²) in [6.07, 6.45) is 12.4. The number of allylic oxidation sites excluding steroid dienone is 1. The predicted octanol–water partition coefficient (Wildman–Crippen LogP) is 3.39. The molecule has 0 aromatic rings. The fourth-order valence-electron chi connectivity index (χ4n) is 3.02. The van der Waals surface area contributed by atoms with Gasteiger partial charge in [0.05, 0.1) is 0 Å². The SMILES string of the molecule is C=CCCCCCC(NN)C1CCCC1C. The van der Waals surface area contributed by atoms with Gasteiger partial charge in [-0.2, -0.15) is 0 Å². The van der Waals surface area contributed by atoms with Crippen LogP contribution in [0.15, 0.2) is 12.7 Å². The van der Waals surface area contributed by atoms with E-state index in [-0.39, 0.29) is 0 Å². The van der Waals surface area contributed by atoms with Crippen molar-refractivity contribution in [2.45, 2.75) is 64.3 Å². The van der Waals surface area contributed by atoms with Gasteiger partial charge in [0.2, 0.25) is 0 Å². The summed E-state index contributed by atoms with van der Waals surface area (Å²) in [5, 5.41) is 0. The van der Waals surface area contributed by atoms with Crippen molar-refractivity contribution in [3.63, 3.8) is 0 Å². The molecule has 0 amide bonds. The number of unbranched alkanes of at least 4 members (excludes halogenated alkanes) is 3. The molecule has 1 aliphatic rings. The highest BCUT2D eigenvalue weighted by atomic mass is 15.2. The van der Waals surface area contributed by atoms with E-state index in [2.05, 4.69) is 18.9 Å². The predicted molar refractivity (Wildman–Crippen MR) is 70.9 cm³/mol. The van der Waals surface area contributed by atoms with E-state index in [1.54, 1.807) is 0 Å². The van der Waals surface area contributed by atoms with Crippen LogP contribution >= 0.6 is 0 Å². The van der Waals surface area contributed by atoms with E-state index in [1.165, 1.54) is 44.9 Å². The molecule has 0 spiro atoms. The van der Waals surface area contributed by atoms with Crippen LogP contribution in [0.2, 0.25) is 0 Å². The van der Waals surface area contributed by atoms with E-state index in [4.69, 9.17) is 5.84 Å². The van der Waals surface area contributed by atoms with Gasteiger partial charge in [-0.15, -0.1) is 6.58 Å². The maximum atomic E-state index is 5.69. The molecule has 16 heavy (non-hydrogen) atoms. The van der Waals surface area contributed by atoms with Crippen molar-refractivity contribution in [1.29, 1.82) is 0 Å². The molecule has 2 heteroatoms. The first-order chi connectivity index (χ1) is 7.79. The lowest BCUT2D eigenvalue weighted by Crippen LogP contribution is -2.41. The van der Waals surface area contributed by atoms with Gasteiger partial charge in [-0.1, -0.05) is 38.7 Å². The van der Waals surface area contributed by atoms with Crippen LogP contribution in [0.3, 0.4) is 0 Å². The van der Waals surface area contributed by atoms with Gasteiger partial charge < -0.3 is 0 Å². The number of hydrogen-bond donors (Lipinski definition) is 2. The Morgan fingerprint density at radius 1 is 1.38 bits per heavy atom. The first kappa shape index (κ1) is 13.7. The first-order valence-corrected chi connectivity index (χ1v) is 6.86. The van der Waals surface area contributed by atoms with Gasteiger partial charge in [-0.05, 0) is 37.5 Å².